The standard InChI is InChI=1S/C28H45N5O13/c1-15(22(40)29-10-8-7-9-17(24(42)43)31-26(46)30-11-18(34)35)16(2)23(41)32-21(25(44)45)27(3,4)14-28(5,6)33(12-19(36)37)13-20(38)39/h17,21H,7-14H2,1-6H3,(H,29,40)(H,32,41)(H,34,35)(H,36,37)(H,38,39)(H,42,43)(H,44,45)(H2,30,31,46). The number of aliphatic carboxylic acids is 5. The van der Waals surface area contributed by atoms with Gasteiger partial charge in [-0.15, -0.1) is 0 Å². The Balaban J connectivity index is 5.36. The normalized spacial score (nSPS) is 13.5. The summed E-state index contributed by atoms with van der Waals surface area (Å²) in [7, 11) is 0. The van der Waals surface area contributed by atoms with E-state index in [1.807, 2.05) is 5.32 Å². The van der Waals surface area contributed by atoms with E-state index in [4.69, 9.17) is 5.11 Å². The average Bonchev–Trinajstić information content (AvgIpc) is 2.90. The number of nitrogens with one attached hydrogen (secondary N) is 4. The summed E-state index contributed by atoms with van der Waals surface area (Å²) in [5, 5.41) is 55.4. The highest BCUT2D eigenvalue weighted by Gasteiger charge is 2.43. The molecule has 0 aromatic carbocycles. The van der Waals surface area contributed by atoms with Crippen molar-refractivity contribution < 1.29 is 63.9 Å². The number of rotatable bonds is 21. The second-order valence-electron chi connectivity index (χ2n) is 12.0. The van der Waals surface area contributed by atoms with Crippen molar-refractivity contribution in [1.29, 1.82) is 0 Å². The fourth-order valence-corrected chi connectivity index (χ4v) is 4.74. The second kappa shape index (κ2) is 18.3. The number of hydrogen-bond acceptors (Lipinski definition) is 9. The van der Waals surface area contributed by atoms with Crippen LogP contribution >= 0.6 is 0 Å². The van der Waals surface area contributed by atoms with Crippen molar-refractivity contribution in [2.75, 3.05) is 26.2 Å². The molecule has 0 aliphatic heterocycles. The summed E-state index contributed by atoms with van der Waals surface area (Å²) in [4.78, 5) is 95.3. The maximum absolute atomic E-state index is 13.0. The zero-order valence-corrected chi connectivity index (χ0v) is 26.8. The maximum Gasteiger partial charge on any atom is 0.326 e. The van der Waals surface area contributed by atoms with E-state index >= 15 is 0 Å². The lowest BCUT2D eigenvalue weighted by atomic mass is 9.73. The van der Waals surface area contributed by atoms with Crippen molar-refractivity contribution in [3.05, 3.63) is 11.1 Å². The SMILES string of the molecule is CC(C(=O)NCCCCC(NC(=O)NCC(=O)O)C(=O)O)=C(C)C(=O)NC(C(=O)O)C(C)(C)CC(C)(C)N(CC(=O)O)CC(=O)O. The first kappa shape index (κ1) is 41.3. The van der Waals surface area contributed by atoms with Crippen LogP contribution in [0.1, 0.15) is 67.2 Å². The Hall–Kier alpha value is -4.74. The van der Waals surface area contributed by atoms with Gasteiger partial charge in [-0.2, -0.15) is 0 Å². The van der Waals surface area contributed by atoms with Crippen LogP contribution < -0.4 is 21.3 Å². The highest BCUT2D eigenvalue weighted by atomic mass is 16.4. The number of carbonyl (C=O) groups excluding carboxylic acids is 3. The van der Waals surface area contributed by atoms with Crippen molar-refractivity contribution in [2.45, 2.75) is 84.8 Å². The highest BCUT2D eigenvalue weighted by molar-refractivity contribution is 6.04. The molecule has 0 rings (SSSR count). The van der Waals surface area contributed by atoms with Crippen LogP contribution in [0.2, 0.25) is 0 Å². The van der Waals surface area contributed by atoms with E-state index in [9.17, 15) is 58.8 Å². The van der Waals surface area contributed by atoms with Crippen LogP contribution in [0.4, 0.5) is 4.79 Å². The smallest absolute Gasteiger partial charge is 0.326 e. The summed E-state index contributed by atoms with van der Waals surface area (Å²) < 4.78 is 0. The molecule has 0 aliphatic carbocycles. The number of nitrogens with zero attached hydrogens (tertiary/aromatic N) is 1. The van der Waals surface area contributed by atoms with Crippen molar-refractivity contribution in [3.63, 3.8) is 0 Å². The summed E-state index contributed by atoms with van der Waals surface area (Å²) in [6.45, 7) is 7.02. The molecule has 18 heteroatoms. The molecule has 0 bridgehead atoms. The van der Waals surface area contributed by atoms with Gasteiger partial charge in [0.15, 0.2) is 0 Å². The van der Waals surface area contributed by atoms with Gasteiger partial charge in [0.2, 0.25) is 11.8 Å². The molecule has 46 heavy (non-hydrogen) atoms. The van der Waals surface area contributed by atoms with Crippen LogP contribution in [0.3, 0.4) is 0 Å². The number of carboxylic acids is 5. The van der Waals surface area contributed by atoms with Crippen LogP contribution in [-0.2, 0) is 33.6 Å². The van der Waals surface area contributed by atoms with Gasteiger partial charge in [0.25, 0.3) is 0 Å². The molecule has 260 valence electrons. The van der Waals surface area contributed by atoms with Gasteiger partial charge in [0.05, 0.1) is 13.1 Å². The highest BCUT2D eigenvalue weighted by Crippen LogP contribution is 2.35. The van der Waals surface area contributed by atoms with Gasteiger partial charge in [-0.05, 0) is 58.8 Å². The lowest BCUT2D eigenvalue weighted by molar-refractivity contribution is -0.149. The minimum Gasteiger partial charge on any atom is -0.480 e. The van der Waals surface area contributed by atoms with Crippen LogP contribution in [0.25, 0.3) is 0 Å². The number of hydrogen-bond donors (Lipinski definition) is 9. The largest absolute Gasteiger partial charge is 0.480 e. The van der Waals surface area contributed by atoms with E-state index in [1.54, 1.807) is 13.8 Å². The third-order valence-corrected chi connectivity index (χ3v) is 7.15. The molecule has 4 amide bonds. The first-order valence-corrected chi connectivity index (χ1v) is 14.2. The number of urea groups is 1. The van der Waals surface area contributed by atoms with Crippen molar-refractivity contribution in [1.82, 2.24) is 26.2 Å². The molecule has 0 heterocycles. The first-order chi connectivity index (χ1) is 21.0. The Morgan fingerprint density at radius 1 is 0.674 bits per heavy atom. The van der Waals surface area contributed by atoms with E-state index in [0.717, 1.165) is 0 Å². The van der Waals surface area contributed by atoms with Gasteiger partial charge < -0.3 is 46.8 Å². The molecule has 2 unspecified atom stereocenters. The number of amides is 4. The molecule has 0 spiro atoms. The maximum atomic E-state index is 13.0. The van der Waals surface area contributed by atoms with Crippen molar-refractivity contribution >= 4 is 47.7 Å². The Labute approximate surface area is 265 Å². The molecule has 0 saturated carbocycles. The summed E-state index contributed by atoms with van der Waals surface area (Å²) >= 11 is 0. The summed E-state index contributed by atoms with van der Waals surface area (Å²) in [6, 6.07) is -3.77. The Morgan fingerprint density at radius 3 is 1.65 bits per heavy atom. The topological polar surface area (TPSA) is 289 Å². The molecule has 0 aromatic rings. The van der Waals surface area contributed by atoms with Crippen LogP contribution in [0.15, 0.2) is 11.1 Å². The van der Waals surface area contributed by atoms with Crippen molar-refractivity contribution in [2.24, 2.45) is 5.41 Å². The Kier molecular flexibility index (Phi) is 16.4. The van der Waals surface area contributed by atoms with E-state index in [-0.39, 0.29) is 43.4 Å². The molecule has 0 saturated heterocycles. The monoisotopic (exact) mass is 659 g/mol. The fraction of sp³-hybridized carbons (Fsp3) is 0.643. The molecule has 0 aromatic heterocycles. The third-order valence-electron chi connectivity index (χ3n) is 7.15. The molecule has 0 fully saturated rings. The molecule has 0 radical (unpaired) electrons. The zero-order valence-electron chi connectivity index (χ0n) is 26.8. The molecular weight excluding hydrogens is 614 g/mol. The predicted molar refractivity (Wildman–Crippen MR) is 160 cm³/mol. The third kappa shape index (κ3) is 14.8. The summed E-state index contributed by atoms with van der Waals surface area (Å²) in [5.41, 5.74) is -2.45. The van der Waals surface area contributed by atoms with Gasteiger partial charge >= 0.3 is 35.9 Å². The lowest BCUT2D eigenvalue weighted by Crippen LogP contribution is -2.56. The Bertz CT molecular complexity index is 1200. The van der Waals surface area contributed by atoms with Crippen LogP contribution in [-0.4, -0.2) is 122 Å². The number of unbranched alkanes of at least 4 members (excludes halogenated alkanes) is 1. The predicted octanol–water partition coefficient (Wildman–Crippen LogP) is -0.318. The Morgan fingerprint density at radius 2 is 1.20 bits per heavy atom. The second-order valence-corrected chi connectivity index (χ2v) is 12.0. The van der Waals surface area contributed by atoms with Crippen LogP contribution in [0.5, 0.6) is 0 Å². The minimum absolute atomic E-state index is 0.0184. The molecule has 9 N–H and O–H groups in total. The summed E-state index contributed by atoms with van der Waals surface area (Å²) in [5.74, 6) is -8.08. The summed E-state index contributed by atoms with van der Waals surface area (Å²) in [6.07, 6.45) is 0.486. The number of carbonyl (C=O) groups is 8. The number of carboxylic acid groups (broad SMARTS) is 5. The molecular formula is C28H45N5O13. The molecule has 18 nitrogen and oxygen atoms in total. The quantitative estimate of drug-likeness (QED) is 0.0564. The minimum atomic E-state index is -1.51. The lowest BCUT2D eigenvalue weighted by Gasteiger charge is -2.44. The molecule has 0 aliphatic rings. The van der Waals surface area contributed by atoms with E-state index in [0.29, 0.717) is 0 Å². The van der Waals surface area contributed by atoms with Crippen molar-refractivity contribution in [3.8, 4) is 0 Å². The van der Waals surface area contributed by atoms with Gasteiger partial charge in [-0.3, -0.25) is 28.9 Å². The van der Waals surface area contributed by atoms with Gasteiger partial charge in [-0.25, -0.2) is 14.4 Å². The van der Waals surface area contributed by atoms with E-state index in [2.05, 4.69) is 16.0 Å². The average molecular weight is 660 g/mol. The fourth-order valence-electron chi connectivity index (χ4n) is 4.74. The van der Waals surface area contributed by atoms with Gasteiger partial charge in [0.1, 0.15) is 18.6 Å². The van der Waals surface area contributed by atoms with Gasteiger partial charge in [0, 0.05) is 23.2 Å². The van der Waals surface area contributed by atoms with E-state index in [1.165, 1.54) is 32.6 Å². The van der Waals surface area contributed by atoms with E-state index < -0.39 is 90.4 Å². The van der Waals surface area contributed by atoms with Gasteiger partial charge in [-0.1, -0.05) is 13.8 Å². The molecule has 2 atom stereocenters. The van der Waals surface area contributed by atoms with Crippen LogP contribution in [0, 0.1) is 5.41 Å². The zero-order chi connectivity index (χ0) is 36.0. The first-order valence-electron chi connectivity index (χ1n) is 14.2.